The highest BCUT2D eigenvalue weighted by Gasteiger charge is 2.15. The number of rotatable bonds is 2. The maximum Gasteiger partial charge on any atom is 0.197 e. The van der Waals surface area contributed by atoms with E-state index in [1.165, 1.54) is 0 Å². The number of aromatic nitrogens is 2. The van der Waals surface area contributed by atoms with Crippen molar-refractivity contribution in [1.29, 1.82) is 0 Å². The molecule has 0 atom stereocenters. The number of fused-ring (bicyclic) bond motifs is 1. The molecule has 0 fully saturated rings. The van der Waals surface area contributed by atoms with Gasteiger partial charge in [-0.25, -0.2) is 9.97 Å². The molecular weight excluding hydrogens is 250 g/mol. The van der Waals surface area contributed by atoms with Gasteiger partial charge in [-0.3, -0.25) is 0 Å². The fourth-order valence-corrected chi connectivity index (χ4v) is 2.52. The summed E-state index contributed by atoms with van der Waals surface area (Å²) in [6, 6.07) is 9.79. The highest BCUT2D eigenvalue weighted by Crippen LogP contribution is 2.29. The van der Waals surface area contributed by atoms with Gasteiger partial charge in [0, 0.05) is 16.6 Å². The zero-order chi connectivity index (χ0) is 14.3. The third-order valence-corrected chi connectivity index (χ3v) is 3.39. The van der Waals surface area contributed by atoms with Crippen LogP contribution in [0.3, 0.4) is 0 Å². The molecule has 2 N–H and O–H groups in total. The molecule has 4 heteroatoms. The molecule has 3 aromatic rings. The molecular formula is C16H17N3O. The van der Waals surface area contributed by atoms with Crippen LogP contribution in [0.1, 0.15) is 31.0 Å². The van der Waals surface area contributed by atoms with Gasteiger partial charge in [0.05, 0.1) is 0 Å². The van der Waals surface area contributed by atoms with Crippen LogP contribution in [0.2, 0.25) is 0 Å². The van der Waals surface area contributed by atoms with Crippen molar-refractivity contribution in [3.63, 3.8) is 0 Å². The van der Waals surface area contributed by atoms with Gasteiger partial charge in [-0.1, -0.05) is 32.0 Å². The van der Waals surface area contributed by atoms with Crippen LogP contribution in [0, 0.1) is 6.92 Å². The van der Waals surface area contributed by atoms with Crippen molar-refractivity contribution < 1.29 is 4.42 Å². The van der Waals surface area contributed by atoms with Crippen LogP contribution in [-0.4, -0.2) is 9.97 Å². The molecule has 0 saturated carbocycles. The van der Waals surface area contributed by atoms with E-state index in [0.717, 1.165) is 22.2 Å². The van der Waals surface area contributed by atoms with Crippen LogP contribution in [0.15, 0.2) is 34.7 Å². The van der Waals surface area contributed by atoms with Gasteiger partial charge in [-0.15, -0.1) is 0 Å². The predicted molar refractivity (Wildman–Crippen MR) is 80.5 cm³/mol. The van der Waals surface area contributed by atoms with E-state index in [2.05, 4.69) is 23.8 Å². The Kier molecular flexibility index (Phi) is 2.93. The number of furan rings is 1. The summed E-state index contributed by atoms with van der Waals surface area (Å²) in [5.74, 6) is 2.03. The molecule has 4 nitrogen and oxygen atoms in total. The number of para-hydroxylation sites is 1. The smallest absolute Gasteiger partial charge is 0.197 e. The minimum absolute atomic E-state index is 0.305. The first-order valence-corrected chi connectivity index (χ1v) is 6.69. The van der Waals surface area contributed by atoms with Gasteiger partial charge in [-0.05, 0) is 25.0 Å². The van der Waals surface area contributed by atoms with Gasteiger partial charge in [0.15, 0.2) is 11.6 Å². The summed E-state index contributed by atoms with van der Waals surface area (Å²) in [5.41, 5.74) is 8.80. The van der Waals surface area contributed by atoms with E-state index >= 15 is 0 Å². The van der Waals surface area contributed by atoms with Crippen molar-refractivity contribution in [3.8, 4) is 11.6 Å². The van der Waals surface area contributed by atoms with E-state index in [4.69, 9.17) is 10.2 Å². The van der Waals surface area contributed by atoms with E-state index in [0.29, 0.717) is 23.3 Å². The average molecular weight is 267 g/mol. The summed E-state index contributed by atoms with van der Waals surface area (Å²) in [6.07, 6.45) is 0. The lowest BCUT2D eigenvalue weighted by Crippen LogP contribution is -2.06. The number of nitrogens with zero attached hydrogens (tertiary/aromatic N) is 2. The highest BCUT2D eigenvalue weighted by atomic mass is 16.3. The first-order chi connectivity index (χ1) is 9.56. The van der Waals surface area contributed by atoms with Gasteiger partial charge in [0.1, 0.15) is 11.4 Å². The summed E-state index contributed by atoms with van der Waals surface area (Å²) < 4.78 is 5.78. The second-order valence-electron chi connectivity index (χ2n) is 5.23. The van der Waals surface area contributed by atoms with Crippen molar-refractivity contribution in [2.24, 2.45) is 0 Å². The Balaban J connectivity index is 2.15. The minimum atomic E-state index is 0.305. The maximum atomic E-state index is 6.06. The molecule has 0 saturated heterocycles. The second-order valence-corrected chi connectivity index (χ2v) is 5.23. The molecule has 20 heavy (non-hydrogen) atoms. The molecule has 0 aliphatic heterocycles. The summed E-state index contributed by atoms with van der Waals surface area (Å²) in [4.78, 5) is 8.93. The number of hydrogen-bond donors (Lipinski definition) is 1. The number of aryl methyl sites for hydroxylation is 1. The van der Waals surface area contributed by atoms with Crippen molar-refractivity contribution in [2.45, 2.75) is 26.7 Å². The Morgan fingerprint density at radius 2 is 1.90 bits per heavy atom. The Hall–Kier alpha value is -2.36. The first-order valence-electron chi connectivity index (χ1n) is 6.69. The molecule has 2 aromatic heterocycles. The number of hydrogen-bond acceptors (Lipinski definition) is 4. The lowest BCUT2D eigenvalue weighted by Gasteiger charge is -2.12. The van der Waals surface area contributed by atoms with Gasteiger partial charge in [0.2, 0.25) is 0 Å². The van der Waals surface area contributed by atoms with E-state index in [1.807, 2.05) is 37.3 Å². The molecule has 2 heterocycles. The molecule has 1 aromatic carbocycles. The van der Waals surface area contributed by atoms with Crippen LogP contribution in [0.5, 0.6) is 0 Å². The number of nitrogen functional groups attached to an aromatic ring is 1. The molecule has 0 radical (unpaired) electrons. The Labute approximate surface area is 117 Å². The van der Waals surface area contributed by atoms with E-state index in [-0.39, 0.29) is 0 Å². The maximum absolute atomic E-state index is 6.06. The van der Waals surface area contributed by atoms with Gasteiger partial charge < -0.3 is 10.2 Å². The number of nitrogens with two attached hydrogens (primary N) is 1. The SMILES string of the molecule is Cc1nc(-c2cc3ccccc3o2)nc(N)c1C(C)C. The summed E-state index contributed by atoms with van der Waals surface area (Å²) in [5, 5.41) is 1.04. The molecule has 0 aliphatic carbocycles. The summed E-state index contributed by atoms with van der Waals surface area (Å²) in [6.45, 7) is 6.13. The Morgan fingerprint density at radius 1 is 1.15 bits per heavy atom. The second kappa shape index (κ2) is 4.63. The van der Waals surface area contributed by atoms with Gasteiger partial charge in [0.25, 0.3) is 0 Å². The Morgan fingerprint density at radius 3 is 2.55 bits per heavy atom. The van der Waals surface area contributed by atoms with Crippen LogP contribution >= 0.6 is 0 Å². The molecule has 0 spiro atoms. The van der Waals surface area contributed by atoms with E-state index in [1.54, 1.807) is 0 Å². The van der Waals surface area contributed by atoms with Crippen LogP contribution in [0.25, 0.3) is 22.6 Å². The quantitative estimate of drug-likeness (QED) is 0.764. The zero-order valence-corrected chi connectivity index (χ0v) is 11.8. The minimum Gasteiger partial charge on any atom is -0.453 e. The standard InChI is InChI=1S/C16H17N3O/c1-9(2)14-10(3)18-16(19-15(14)17)13-8-11-6-4-5-7-12(11)20-13/h4-9H,1-3H3,(H2,17,18,19). The molecule has 0 unspecified atom stereocenters. The number of anilines is 1. The van der Waals surface area contributed by atoms with Gasteiger partial charge in [-0.2, -0.15) is 0 Å². The molecule has 102 valence electrons. The predicted octanol–water partition coefficient (Wildman–Crippen LogP) is 3.90. The fourth-order valence-electron chi connectivity index (χ4n) is 2.52. The average Bonchev–Trinajstić information content (AvgIpc) is 2.81. The van der Waals surface area contributed by atoms with Crippen molar-refractivity contribution in [1.82, 2.24) is 9.97 Å². The van der Waals surface area contributed by atoms with Crippen molar-refractivity contribution in [3.05, 3.63) is 41.6 Å². The van der Waals surface area contributed by atoms with Crippen LogP contribution < -0.4 is 5.73 Å². The third-order valence-electron chi connectivity index (χ3n) is 3.39. The molecule has 0 amide bonds. The first kappa shape index (κ1) is 12.7. The topological polar surface area (TPSA) is 64.9 Å². The molecule has 0 bridgehead atoms. The Bertz CT molecular complexity index is 718. The van der Waals surface area contributed by atoms with Crippen molar-refractivity contribution >= 4 is 16.8 Å². The molecule has 3 rings (SSSR count). The van der Waals surface area contributed by atoms with E-state index < -0.39 is 0 Å². The van der Waals surface area contributed by atoms with Crippen LogP contribution in [-0.2, 0) is 0 Å². The summed E-state index contributed by atoms with van der Waals surface area (Å²) >= 11 is 0. The lowest BCUT2D eigenvalue weighted by atomic mass is 10.0. The monoisotopic (exact) mass is 267 g/mol. The van der Waals surface area contributed by atoms with Crippen LogP contribution in [0.4, 0.5) is 5.82 Å². The van der Waals surface area contributed by atoms with Crippen molar-refractivity contribution in [2.75, 3.05) is 5.73 Å². The van der Waals surface area contributed by atoms with E-state index in [9.17, 15) is 0 Å². The molecule has 0 aliphatic rings. The third kappa shape index (κ3) is 2.03. The highest BCUT2D eigenvalue weighted by molar-refractivity contribution is 5.81. The zero-order valence-electron chi connectivity index (χ0n) is 11.8. The fraction of sp³-hybridized carbons (Fsp3) is 0.250. The number of benzene rings is 1. The summed E-state index contributed by atoms with van der Waals surface area (Å²) in [7, 11) is 0. The normalized spacial score (nSPS) is 11.4. The lowest BCUT2D eigenvalue weighted by molar-refractivity contribution is 0.624. The largest absolute Gasteiger partial charge is 0.453 e. The van der Waals surface area contributed by atoms with Gasteiger partial charge >= 0.3 is 0 Å².